The SMILES string of the molecule is CC[C@@H](C)[C@@H](O)CNc1nnc(-c2ccccn2)s1. The fourth-order valence-electron chi connectivity index (χ4n) is 1.55. The third-order valence-electron chi connectivity index (χ3n) is 3.07. The van der Waals surface area contributed by atoms with E-state index in [1.165, 1.54) is 11.3 Å². The van der Waals surface area contributed by atoms with Crippen LogP contribution in [0.1, 0.15) is 20.3 Å². The Morgan fingerprint density at radius 3 is 2.89 bits per heavy atom. The minimum atomic E-state index is -0.368. The lowest BCUT2D eigenvalue weighted by Gasteiger charge is -2.16. The Hall–Kier alpha value is -1.53. The number of hydrogen-bond donors (Lipinski definition) is 2. The maximum Gasteiger partial charge on any atom is 0.206 e. The van der Waals surface area contributed by atoms with Crippen LogP contribution in [0.2, 0.25) is 0 Å². The Balaban J connectivity index is 1.95. The van der Waals surface area contributed by atoms with E-state index in [9.17, 15) is 5.11 Å². The van der Waals surface area contributed by atoms with E-state index >= 15 is 0 Å². The third-order valence-corrected chi connectivity index (χ3v) is 3.98. The number of rotatable bonds is 6. The summed E-state index contributed by atoms with van der Waals surface area (Å²) in [5.41, 5.74) is 0.815. The Labute approximate surface area is 116 Å². The molecule has 0 saturated heterocycles. The monoisotopic (exact) mass is 278 g/mol. The zero-order chi connectivity index (χ0) is 13.7. The van der Waals surface area contributed by atoms with Gasteiger partial charge in [-0.1, -0.05) is 37.7 Å². The highest BCUT2D eigenvalue weighted by atomic mass is 32.1. The molecule has 102 valence electrons. The Bertz CT molecular complexity index is 502. The number of pyridine rings is 1. The number of aromatic nitrogens is 3. The van der Waals surface area contributed by atoms with E-state index in [1.807, 2.05) is 25.1 Å². The van der Waals surface area contributed by atoms with Gasteiger partial charge in [0.1, 0.15) is 5.69 Å². The summed E-state index contributed by atoms with van der Waals surface area (Å²) in [6.07, 6.45) is 2.32. The molecule has 2 aromatic rings. The summed E-state index contributed by atoms with van der Waals surface area (Å²) in [4.78, 5) is 4.23. The summed E-state index contributed by atoms with van der Waals surface area (Å²) in [6, 6.07) is 5.69. The molecule has 5 nitrogen and oxygen atoms in total. The van der Waals surface area contributed by atoms with Crippen LogP contribution in [0.15, 0.2) is 24.4 Å². The number of aliphatic hydroxyl groups excluding tert-OH is 1. The number of hydrogen-bond acceptors (Lipinski definition) is 6. The van der Waals surface area contributed by atoms with Crippen LogP contribution in [0.5, 0.6) is 0 Å². The Morgan fingerprint density at radius 2 is 2.21 bits per heavy atom. The van der Waals surface area contributed by atoms with Crippen LogP contribution in [0.3, 0.4) is 0 Å². The van der Waals surface area contributed by atoms with Gasteiger partial charge >= 0.3 is 0 Å². The van der Waals surface area contributed by atoms with Gasteiger partial charge in [0.25, 0.3) is 0 Å². The second-order valence-electron chi connectivity index (χ2n) is 4.46. The molecule has 0 spiro atoms. The number of nitrogens with one attached hydrogen (secondary N) is 1. The van der Waals surface area contributed by atoms with Crippen LogP contribution < -0.4 is 5.32 Å². The van der Waals surface area contributed by atoms with Crippen LogP contribution in [-0.4, -0.2) is 32.9 Å². The van der Waals surface area contributed by atoms with Gasteiger partial charge in [-0.15, -0.1) is 10.2 Å². The summed E-state index contributed by atoms with van der Waals surface area (Å²) < 4.78 is 0. The Kier molecular flexibility index (Phi) is 4.81. The summed E-state index contributed by atoms with van der Waals surface area (Å²) in [5.74, 6) is 0.274. The van der Waals surface area contributed by atoms with Gasteiger partial charge in [-0.3, -0.25) is 4.98 Å². The highest BCUT2D eigenvalue weighted by Crippen LogP contribution is 2.24. The lowest BCUT2D eigenvalue weighted by atomic mass is 10.0. The zero-order valence-electron chi connectivity index (χ0n) is 11.1. The standard InChI is InChI=1S/C13H18N4OS/c1-3-9(2)11(18)8-15-13-17-16-12(19-13)10-6-4-5-7-14-10/h4-7,9,11,18H,3,8H2,1-2H3,(H,15,17)/t9-,11+/m1/s1. The van der Waals surface area contributed by atoms with E-state index in [0.717, 1.165) is 17.1 Å². The molecule has 0 saturated carbocycles. The average Bonchev–Trinajstić information content (AvgIpc) is 2.93. The lowest BCUT2D eigenvalue weighted by molar-refractivity contribution is 0.126. The predicted octanol–water partition coefficient (Wildman–Crippen LogP) is 2.42. The van der Waals surface area contributed by atoms with Crippen molar-refractivity contribution in [2.24, 2.45) is 5.92 Å². The van der Waals surface area contributed by atoms with Gasteiger partial charge in [0, 0.05) is 12.7 Å². The van der Waals surface area contributed by atoms with Crippen molar-refractivity contribution >= 4 is 16.5 Å². The molecule has 0 fully saturated rings. The molecule has 2 atom stereocenters. The molecule has 0 bridgehead atoms. The van der Waals surface area contributed by atoms with Gasteiger partial charge in [-0.25, -0.2) is 0 Å². The van der Waals surface area contributed by atoms with E-state index in [4.69, 9.17) is 0 Å². The maximum atomic E-state index is 9.88. The first-order valence-electron chi connectivity index (χ1n) is 6.37. The van der Waals surface area contributed by atoms with Crippen LogP contribution in [-0.2, 0) is 0 Å². The van der Waals surface area contributed by atoms with Crippen LogP contribution in [0, 0.1) is 5.92 Å². The van der Waals surface area contributed by atoms with Gasteiger partial charge in [0.15, 0.2) is 5.01 Å². The van der Waals surface area contributed by atoms with Crippen LogP contribution in [0.4, 0.5) is 5.13 Å². The van der Waals surface area contributed by atoms with Crippen molar-refractivity contribution in [1.82, 2.24) is 15.2 Å². The molecule has 19 heavy (non-hydrogen) atoms. The topological polar surface area (TPSA) is 70.9 Å². The summed E-state index contributed by atoms with van der Waals surface area (Å²) >= 11 is 1.44. The molecule has 2 aromatic heterocycles. The lowest BCUT2D eigenvalue weighted by Crippen LogP contribution is -2.26. The molecule has 6 heteroatoms. The minimum Gasteiger partial charge on any atom is -0.391 e. The molecule has 0 unspecified atom stereocenters. The zero-order valence-corrected chi connectivity index (χ0v) is 11.9. The van der Waals surface area contributed by atoms with E-state index in [-0.39, 0.29) is 12.0 Å². The smallest absolute Gasteiger partial charge is 0.206 e. The van der Waals surface area contributed by atoms with Gasteiger partial charge in [0.05, 0.1) is 6.10 Å². The quantitative estimate of drug-likeness (QED) is 0.849. The fourth-order valence-corrected chi connectivity index (χ4v) is 2.28. The average molecular weight is 278 g/mol. The molecule has 0 aromatic carbocycles. The second kappa shape index (κ2) is 6.58. The van der Waals surface area contributed by atoms with Gasteiger partial charge < -0.3 is 10.4 Å². The number of nitrogens with zero attached hydrogens (tertiary/aromatic N) is 3. The van der Waals surface area contributed by atoms with Crippen molar-refractivity contribution in [1.29, 1.82) is 0 Å². The molecular weight excluding hydrogens is 260 g/mol. The third kappa shape index (κ3) is 3.71. The van der Waals surface area contributed by atoms with Gasteiger partial charge in [0.2, 0.25) is 5.13 Å². The van der Waals surface area contributed by atoms with Crippen molar-refractivity contribution < 1.29 is 5.11 Å². The molecule has 0 aliphatic heterocycles. The first-order valence-corrected chi connectivity index (χ1v) is 7.19. The van der Waals surface area contributed by atoms with Crippen molar-refractivity contribution in [3.8, 4) is 10.7 Å². The molecule has 0 radical (unpaired) electrons. The van der Waals surface area contributed by atoms with Crippen molar-refractivity contribution in [2.45, 2.75) is 26.4 Å². The van der Waals surface area contributed by atoms with E-state index in [2.05, 4.69) is 27.4 Å². The minimum absolute atomic E-state index is 0.274. The number of aliphatic hydroxyl groups is 1. The maximum absolute atomic E-state index is 9.88. The summed E-state index contributed by atoms with van der Waals surface area (Å²) in [5, 5.41) is 22.6. The highest BCUT2D eigenvalue weighted by Gasteiger charge is 2.13. The summed E-state index contributed by atoms with van der Waals surface area (Å²) in [6.45, 7) is 4.59. The van der Waals surface area contributed by atoms with Crippen LogP contribution >= 0.6 is 11.3 Å². The van der Waals surface area contributed by atoms with Crippen LogP contribution in [0.25, 0.3) is 10.7 Å². The molecule has 2 N–H and O–H groups in total. The van der Waals surface area contributed by atoms with E-state index in [1.54, 1.807) is 6.20 Å². The molecule has 0 aliphatic carbocycles. The molecule has 0 aliphatic rings. The largest absolute Gasteiger partial charge is 0.391 e. The highest BCUT2D eigenvalue weighted by molar-refractivity contribution is 7.18. The summed E-state index contributed by atoms with van der Waals surface area (Å²) in [7, 11) is 0. The molecule has 2 rings (SSSR count). The molecule has 2 heterocycles. The van der Waals surface area contributed by atoms with Gasteiger partial charge in [-0.2, -0.15) is 0 Å². The first-order chi connectivity index (χ1) is 9.20. The number of anilines is 1. The van der Waals surface area contributed by atoms with Gasteiger partial charge in [-0.05, 0) is 18.1 Å². The fraction of sp³-hybridized carbons (Fsp3) is 0.462. The van der Waals surface area contributed by atoms with Crippen molar-refractivity contribution in [2.75, 3.05) is 11.9 Å². The normalized spacial score (nSPS) is 14.1. The van der Waals surface area contributed by atoms with E-state index in [0.29, 0.717) is 11.7 Å². The van der Waals surface area contributed by atoms with Crippen molar-refractivity contribution in [3.05, 3.63) is 24.4 Å². The van der Waals surface area contributed by atoms with E-state index < -0.39 is 0 Å². The van der Waals surface area contributed by atoms with Crippen molar-refractivity contribution in [3.63, 3.8) is 0 Å². The Morgan fingerprint density at radius 1 is 1.37 bits per heavy atom. The molecule has 0 amide bonds. The second-order valence-corrected chi connectivity index (χ2v) is 5.44. The predicted molar refractivity (Wildman–Crippen MR) is 77.1 cm³/mol. The molecular formula is C13H18N4OS. The first kappa shape index (κ1) is 13.9.